The van der Waals surface area contributed by atoms with Crippen molar-refractivity contribution in [2.75, 3.05) is 11.9 Å². The minimum absolute atomic E-state index is 0.0283. The van der Waals surface area contributed by atoms with E-state index in [2.05, 4.69) is 5.32 Å². The molecule has 2 aromatic rings. The Balaban J connectivity index is 1.95. The van der Waals surface area contributed by atoms with Crippen LogP contribution >= 0.6 is 0 Å². The maximum atomic E-state index is 11.9. The molecule has 0 aliphatic carbocycles. The fraction of sp³-hybridized carbons (Fsp3) is 0.133. The molecule has 0 saturated heterocycles. The summed E-state index contributed by atoms with van der Waals surface area (Å²) in [5.74, 6) is -0.531. The van der Waals surface area contributed by atoms with Gasteiger partial charge in [-0.05, 0) is 31.2 Å². The van der Waals surface area contributed by atoms with E-state index >= 15 is 0 Å². The minimum atomic E-state index is -3.93. The highest BCUT2D eigenvalue weighted by atomic mass is 32.2. The van der Waals surface area contributed by atoms with E-state index in [1.54, 1.807) is 36.4 Å². The Kier molecular flexibility index (Phi) is 4.72. The van der Waals surface area contributed by atoms with Gasteiger partial charge in [0.2, 0.25) is 0 Å². The van der Waals surface area contributed by atoms with Gasteiger partial charge in [-0.3, -0.25) is 8.98 Å². The number of hydrogen-bond acceptors (Lipinski definition) is 4. The molecular formula is C15H15NO4S. The molecule has 2 rings (SSSR count). The van der Waals surface area contributed by atoms with E-state index < -0.39 is 22.6 Å². The van der Waals surface area contributed by atoms with E-state index in [0.29, 0.717) is 5.69 Å². The van der Waals surface area contributed by atoms with Gasteiger partial charge in [0.1, 0.15) is 6.61 Å². The number of carbonyl (C=O) groups is 1. The highest BCUT2D eigenvalue weighted by molar-refractivity contribution is 7.86. The summed E-state index contributed by atoms with van der Waals surface area (Å²) in [6, 6.07) is 15.0. The monoisotopic (exact) mass is 305 g/mol. The van der Waals surface area contributed by atoms with Crippen LogP contribution in [0.15, 0.2) is 59.5 Å². The number of nitrogens with one attached hydrogen (secondary N) is 1. The van der Waals surface area contributed by atoms with Crippen LogP contribution in [-0.2, 0) is 19.1 Å². The van der Waals surface area contributed by atoms with Gasteiger partial charge in [0.05, 0.1) is 4.90 Å². The summed E-state index contributed by atoms with van der Waals surface area (Å²) in [4.78, 5) is 11.7. The van der Waals surface area contributed by atoms with Crippen molar-refractivity contribution in [2.45, 2.75) is 11.8 Å². The molecule has 6 heteroatoms. The van der Waals surface area contributed by atoms with Gasteiger partial charge >= 0.3 is 0 Å². The van der Waals surface area contributed by atoms with Gasteiger partial charge in [-0.2, -0.15) is 8.42 Å². The lowest BCUT2D eigenvalue weighted by atomic mass is 10.2. The molecule has 21 heavy (non-hydrogen) atoms. The highest BCUT2D eigenvalue weighted by Gasteiger charge is 2.16. The Morgan fingerprint density at radius 1 is 1.05 bits per heavy atom. The first-order valence-electron chi connectivity index (χ1n) is 6.28. The Labute approximate surface area is 123 Å². The topological polar surface area (TPSA) is 72.5 Å². The predicted molar refractivity (Wildman–Crippen MR) is 79.4 cm³/mol. The Bertz CT molecular complexity index is 709. The van der Waals surface area contributed by atoms with E-state index in [9.17, 15) is 13.2 Å². The van der Waals surface area contributed by atoms with Gasteiger partial charge in [0.25, 0.3) is 16.0 Å². The molecule has 0 spiro atoms. The number of carbonyl (C=O) groups excluding carboxylic acids is 1. The van der Waals surface area contributed by atoms with E-state index in [-0.39, 0.29) is 4.90 Å². The quantitative estimate of drug-likeness (QED) is 0.861. The molecule has 1 amide bonds. The number of aryl methyl sites for hydroxylation is 1. The average molecular weight is 305 g/mol. The smallest absolute Gasteiger partial charge is 0.297 e. The lowest BCUT2D eigenvalue weighted by Gasteiger charge is -2.07. The molecule has 0 saturated carbocycles. The average Bonchev–Trinajstić information content (AvgIpc) is 2.47. The van der Waals surface area contributed by atoms with Crippen LogP contribution in [0.2, 0.25) is 0 Å². The first kappa shape index (κ1) is 15.2. The van der Waals surface area contributed by atoms with E-state index in [4.69, 9.17) is 4.18 Å². The van der Waals surface area contributed by atoms with Crippen molar-refractivity contribution in [3.63, 3.8) is 0 Å². The van der Waals surface area contributed by atoms with E-state index in [1.165, 1.54) is 12.1 Å². The summed E-state index contributed by atoms with van der Waals surface area (Å²) in [7, 11) is -3.93. The molecule has 5 nitrogen and oxygen atoms in total. The summed E-state index contributed by atoms with van der Waals surface area (Å²) >= 11 is 0. The SMILES string of the molecule is Cc1ccc(S(=O)(=O)OCC(=O)Nc2ccccc2)cc1. The lowest BCUT2D eigenvalue weighted by molar-refractivity contribution is -0.118. The third-order valence-electron chi connectivity index (χ3n) is 2.71. The zero-order chi connectivity index (χ0) is 15.3. The van der Waals surface area contributed by atoms with Crippen LogP contribution in [0.5, 0.6) is 0 Å². The van der Waals surface area contributed by atoms with Gasteiger partial charge in [0.15, 0.2) is 0 Å². The molecular weight excluding hydrogens is 290 g/mol. The highest BCUT2D eigenvalue weighted by Crippen LogP contribution is 2.13. The first-order valence-corrected chi connectivity index (χ1v) is 7.69. The van der Waals surface area contributed by atoms with Crippen LogP contribution in [0.1, 0.15) is 5.56 Å². The van der Waals surface area contributed by atoms with Crippen molar-refractivity contribution in [3.8, 4) is 0 Å². The Morgan fingerprint density at radius 3 is 2.29 bits per heavy atom. The minimum Gasteiger partial charge on any atom is -0.324 e. The summed E-state index contributed by atoms with van der Waals surface area (Å²) in [6.45, 7) is 1.29. The Morgan fingerprint density at radius 2 is 1.67 bits per heavy atom. The number of benzene rings is 2. The van der Waals surface area contributed by atoms with Crippen molar-refractivity contribution in [1.82, 2.24) is 0 Å². The maximum absolute atomic E-state index is 11.9. The zero-order valence-corrected chi connectivity index (χ0v) is 12.3. The van der Waals surface area contributed by atoms with Gasteiger partial charge in [-0.15, -0.1) is 0 Å². The molecule has 0 heterocycles. The van der Waals surface area contributed by atoms with E-state index in [0.717, 1.165) is 5.56 Å². The first-order chi connectivity index (χ1) is 9.97. The van der Waals surface area contributed by atoms with Gasteiger partial charge in [0, 0.05) is 5.69 Å². The normalized spacial score (nSPS) is 11.1. The summed E-state index contributed by atoms with van der Waals surface area (Å²) in [6.07, 6.45) is 0. The molecule has 0 radical (unpaired) electrons. The second kappa shape index (κ2) is 6.51. The molecule has 0 aliphatic heterocycles. The van der Waals surface area contributed by atoms with Gasteiger partial charge in [-0.1, -0.05) is 35.9 Å². The molecule has 0 bridgehead atoms. The lowest BCUT2D eigenvalue weighted by Crippen LogP contribution is -2.21. The van der Waals surface area contributed by atoms with Gasteiger partial charge in [-0.25, -0.2) is 0 Å². The van der Waals surface area contributed by atoms with Crippen molar-refractivity contribution in [3.05, 3.63) is 60.2 Å². The number of amides is 1. The number of para-hydroxylation sites is 1. The largest absolute Gasteiger partial charge is 0.324 e. The number of hydrogen-bond donors (Lipinski definition) is 1. The molecule has 0 unspecified atom stereocenters. The van der Waals surface area contributed by atoms with Gasteiger partial charge < -0.3 is 5.32 Å². The van der Waals surface area contributed by atoms with Crippen LogP contribution in [-0.4, -0.2) is 20.9 Å². The summed E-state index contributed by atoms with van der Waals surface area (Å²) in [5, 5.41) is 2.55. The molecule has 0 atom stereocenters. The van der Waals surface area contributed by atoms with Crippen LogP contribution in [0, 0.1) is 6.92 Å². The number of rotatable bonds is 5. The number of anilines is 1. The third-order valence-corrected chi connectivity index (χ3v) is 3.99. The fourth-order valence-electron chi connectivity index (χ4n) is 1.62. The van der Waals surface area contributed by atoms with Crippen LogP contribution in [0.4, 0.5) is 5.69 Å². The summed E-state index contributed by atoms with van der Waals surface area (Å²) < 4.78 is 28.5. The molecule has 0 fully saturated rings. The second-order valence-electron chi connectivity index (χ2n) is 4.44. The third kappa shape index (κ3) is 4.40. The molecule has 110 valence electrons. The van der Waals surface area contributed by atoms with Crippen LogP contribution < -0.4 is 5.32 Å². The zero-order valence-electron chi connectivity index (χ0n) is 11.4. The maximum Gasteiger partial charge on any atom is 0.297 e. The summed E-state index contributed by atoms with van der Waals surface area (Å²) in [5.41, 5.74) is 1.52. The van der Waals surface area contributed by atoms with Crippen molar-refractivity contribution >= 4 is 21.7 Å². The fourth-order valence-corrected chi connectivity index (χ4v) is 2.49. The molecule has 0 aromatic heterocycles. The van der Waals surface area contributed by atoms with Crippen LogP contribution in [0.3, 0.4) is 0 Å². The predicted octanol–water partition coefficient (Wildman–Crippen LogP) is 2.34. The van der Waals surface area contributed by atoms with Crippen molar-refractivity contribution < 1.29 is 17.4 Å². The molecule has 1 N–H and O–H groups in total. The standard InChI is InChI=1S/C15H15NO4S/c1-12-7-9-14(10-8-12)21(18,19)20-11-15(17)16-13-5-3-2-4-6-13/h2-10H,11H2,1H3,(H,16,17). The van der Waals surface area contributed by atoms with Crippen LogP contribution in [0.25, 0.3) is 0 Å². The van der Waals surface area contributed by atoms with Crippen molar-refractivity contribution in [1.29, 1.82) is 0 Å². The van der Waals surface area contributed by atoms with E-state index in [1.807, 2.05) is 13.0 Å². The Hall–Kier alpha value is -2.18. The van der Waals surface area contributed by atoms with Crippen molar-refractivity contribution in [2.24, 2.45) is 0 Å². The molecule has 2 aromatic carbocycles. The second-order valence-corrected chi connectivity index (χ2v) is 6.06. The molecule has 0 aliphatic rings.